The smallest absolute Gasteiger partial charge is 0.261 e. The molecule has 12 heavy (non-hydrogen) atoms. The van der Waals surface area contributed by atoms with E-state index in [9.17, 15) is 4.21 Å². The Morgan fingerprint density at radius 3 is 2.25 bits per heavy atom. The van der Waals surface area contributed by atoms with E-state index in [0.29, 0.717) is 5.69 Å². The zero-order valence-electron chi connectivity index (χ0n) is 6.47. The lowest BCUT2D eigenvalue weighted by Gasteiger charge is -2.12. The van der Waals surface area contributed by atoms with Crippen molar-refractivity contribution in [3.8, 4) is 5.75 Å². The summed E-state index contributed by atoms with van der Waals surface area (Å²) in [4.78, 5) is 0. The Balaban J connectivity index is 2.89. The summed E-state index contributed by atoms with van der Waals surface area (Å²) < 4.78 is 20.4. The molecule has 1 aromatic rings. The summed E-state index contributed by atoms with van der Waals surface area (Å²) in [5.41, 5.74) is 0.577. The van der Waals surface area contributed by atoms with Crippen molar-refractivity contribution >= 4 is 17.0 Å². The van der Waals surface area contributed by atoms with Crippen LogP contribution in [0.5, 0.6) is 5.75 Å². The molecule has 0 saturated carbocycles. The average Bonchev–Trinajstić information content (AvgIpc) is 2.04. The Morgan fingerprint density at radius 2 is 1.83 bits per heavy atom. The van der Waals surface area contributed by atoms with Crippen LogP contribution in [0, 0.1) is 0 Å². The molecule has 0 aliphatic heterocycles. The highest BCUT2D eigenvalue weighted by Crippen LogP contribution is 2.17. The number of phenols is 1. The van der Waals surface area contributed by atoms with Crippen LogP contribution in [0.4, 0.5) is 5.69 Å². The van der Waals surface area contributed by atoms with Crippen molar-refractivity contribution in [1.82, 2.24) is 0 Å². The third-order valence-corrected chi connectivity index (χ3v) is 2.13. The first-order valence-electron chi connectivity index (χ1n) is 3.25. The lowest BCUT2D eigenvalue weighted by atomic mass is 10.3. The molecule has 0 aliphatic carbocycles. The highest BCUT2D eigenvalue weighted by atomic mass is 32.2. The first-order valence-corrected chi connectivity index (χ1v) is 4.31. The van der Waals surface area contributed by atoms with Crippen LogP contribution in [0.2, 0.25) is 0 Å². The van der Waals surface area contributed by atoms with Gasteiger partial charge in [0, 0.05) is 7.05 Å². The second-order valence-electron chi connectivity index (χ2n) is 2.24. The van der Waals surface area contributed by atoms with Crippen molar-refractivity contribution in [2.24, 2.45) is 0 Å². The van der Waals surface area contributed by atoms with E-state index < -0.39 is 11.3 Å². The zero-order chi connectivity index (χ0) is 9.14. The lowest BCUT2D eigenvalue weighted by molar-refractivity contribution is 0.475. The normalized spacial score (nSPS) is 12.5. The number of aromatic hydroxyl groups is 1. The Hall–Kier alpha value is -1.07. The number of phenolic OH excluding ortho intramolecular Hbond substituents is 1. The molecule has 66 valence electrons. The van der Waals surface area contributed by atoms with E-state index in [2.05, 4.69) is 0 Å². The molecule has 2 N–H and O–H groups in total. The molecule has 0 aromatic heterocycles. The molecule has 1 rings (SSSR count). The summed E-state index contributed by atoms with van der Waals surface area (Å²) in [7, 11) is 1.49. The molecule has 0 radical (unpaired) electrons. The summed E-state index contributed by atoms with van der Waals surface area (Å²) in [5.74, 6) is 0.135. The van der Waals surface area contributed by atoms with E-state index in [1.807, 2.05) is 0 Å². The van der Waals surface area contributed by atoms with Crippen LogP contribution in [-0.2, 0) is 11.3 Å². The molecule has 1 unspecified atom stereocenters. The van der Waals surface area contributed by atoms with Gasteiger partial charge in [-0.25, -0.2) is 4.21 Å². The minimum atomic E-state index is -2.02. The van der Waals surface area contributed by atoms with Gasteiger partial charge in [-0.1, -0.05) is 0 Å². The predicted molar refractivity (Wildman–Crippen MR) is 47.3 cm³/mol. The molecule has 5 heteroatoms. The zero-order valence-corrected chi connectivity index (χ0v) is 7.28. The van der Waals surface area contributed by atoms with Gasteiger partial charge in [0.1, 0.15) is 5.75 Å². The summed E-state index contributed by atoms with van der Waals surface area (Å²) >= 11 is -2.02. The third-order valence-electron chi connectivity index (χ3n) is 1.45. The third kappa shape index (κ3) is 1.96. The van der Waals surface area contributed by atoms with Gasteiger partial charge in [0.05, 0.1) is 5.69 Å². The first kappa shape index (κ1) is 9.02. The van der Waals surface area contributed by atoms with E-state index in [1.54, 1.807) is 12.1 Å². The Morgan fingerprint density at radius 1 is 1.33 bits per heavy atom. The van der Waals surface area contributed by atoms with Crippen LogP contribution in [0.15, 0.2) is 24.3 Å². The van der Waals surface area contributed by atoms with E-state index in [-0.39, 0.29) is 5.75 Å². The summed E-state index contributed by atoms with van der Waals surface area (Å²) in [5, 5.41) is 8.92. The highest BCUT2D eigenvalue weighted by molar-refractivity contribution is 7.80. The molecular formula is C7H9NO3S. The number of benzene rings is 1. The molecule has 0 amide bonds. The van der Waals surface area contributed by atoms with Crippen molar-refractivity contribution in [3.63, 3.8) is 0 Å². The second-order valence-corrected chi connectivity index (χ2v) is 3.25. The number of hydrogen-bond donors (Lipinski definition) is 2. The predicted octanol–water partition coefficient (Wildman–Crippen LogP) is 0.965. The Bertz CT molecular complexity index is 285. The Labute approximate surface area is 72.9 Å². The van der Waals surface area contributed by atoms with Gasteiger partial charge >= 0.3 is 0 Å². The van der Waals surface area contributed by atoms with Crippen molar-refractivity contribution in [2.45, 2.75) is 0 Å². The van der Waals surface area contributed by atoms with Crippen LogP contribution < -0.4 is 4.31 Å². The van der Waals surface area contributed by atoms with Crippen molar-refractivity contribution in [2.75, 3.05) is 11.4 Å². The first-order chi connectivity index (χ1) is 5.61. The fourth-order valence-electron chi connectivity index (χ4n) is 0.753. The maximum atomic E-state index is 10.6. The van der Waals surface area contributed by atoms with Gasteiger partial charge in [-0.15, -0.1) is 0 Å². The second kappa shape index (κ2) is 3.55. The van der Waals surface area contributed by atoms with Gasteiger partial charge in [0.2, 0.25) is 0 Å². The summed E-state index contributed by atoms with van der Waals surface area (Å²) in [6.07, 6.45) is 0. The van der Waals surface area contributed by atoms with Gasteiger partial charge in [-0.2, -0.15) is 0 Å². The summed E-state index contributed by atoms with van der Waals surface area (Å²) in [6, 6.07) is 6.03. The quantitative estimate of drug-likeness (QED) is 0.678. The van der Waals surface area contributed by atoms with Gasteiger partial charge < -0.3 is 5.11 Å². The number of nitrogens with zero attached hydrogens (tertiary/aromatic N) is 1. The van der Waals surface area contributed by atoms with Crippen LogP contribution in [0.25, 0.3) is 0 Å². The largest absolute Gasteiger partial charge is 0.508 e. The molecule has 0 saturated heterocycles. The van der Waals surface area contributed by atoms with Crippen molar-refractivity contribution in [1.29, 1.82) is 0 Å². The molecule has 1 atom stereocenters. The van der Waals surface area contributed by atoms with Gasteiger partial charge in [-0.05, 0) is 24.3 Å². The van der Waals surface area contributed by atoms with Crippen LogP contribution in [0.1, 0.15) is 0 Å². The molecule has 0 spiro atoms. The van der Waals surface area contributed by atoms with E-state index in [0.717, 1.165) is 0 Å². The highest BCUT2D eigenvalue weighted by Gasteiger charge is 2.04. The van der Waals surface area contributed by atoms with E-state index in [4.69, 9.17) is 9.66 Å². The minimum absolute atomic E-state index is 0.135. The maximum absolute atomic E-state index is 10.6. The molecule has 0 heterocycles. The molecule has 4 nitrogen and oxygen atoms in total. The monoisotopic (exact) mass is 187 g/mol. The number of anilines is 1. The average molecular weight is 187 g/mol. The van der Waals surface area contributed by atoms with E-state index in [1.165, 1.54) is 23.5 Å². The fourth-order valence-corrected chi connectivity index (χ4v) is 1.05. The Kier molecular flexibility index (Phi) is 2.67. The molecule has 0 bridgehead atoms. The standard InChI is InChI=1S/C7H9NO3S/c1-8(12(10)11)6-2-4-7(9)5-3-6/h2-5,9H,1H3,(H,10,11). The molecular weight excluding hydrogens is 178 g/mol. The number of rotatable bonds is 2. The SMILES string of the molecule is CN(c1ccc(O)cc1)S(=O)O. The fraction of sp³-hybridized carbons (Fsp3) is 0.143. The van der Waals surface area contributed by atoms with Crippen LogP contribution >= 0.6 is 0 Å². The van der Waals surface area contributed by atoms with Gasteiger partial charge in [0.25, 0.3) is 11.3 Å². The minimum Gasteiger partial charge on any atom is -0.508 e. The van der Waals surface area contributed by atoms with Crippen molar-refractivity contribution in [3.05, 3.63) is 24.3 Å². The van der Waals surface area contributed by atoms with Gasteiger partial charge in [-0.3, -0.25) is 8.86 Å². The van der Waals surface area contributed by atoms with E-state index >= 15 is 0 Å². The molecule has 1 aromatic carbocycles. The van der Waals surface area contributed by atoms with Gasteiger partial charge in [0.15, 0.2) is 0 Å². The summed E-state index contributed by atoms with van der Waals surface area (Å²) in [6.45, 7) is 0. The molecule has 0 aliphatic rings. The van der Waals surface area contributed by atoms with Crippen LogP contribution in [0.3, 0.4) is 0 Å². The molecule has 0 fully saturated rings. The lowest BCUT2D eigenvalue weighted by Crippen LogP contribution is -2.18. The number of hydrogen-bond acceptors (Lipinski definition) is 2. The van der Waals surface area contributed by atoms with Crippen molar-refractivity contribution < 1.29 is 13.9 Å². The van der Waals surface area contributed by atoms with Crippen LogP contribution in [-0.4, -0.2) is 20.9 Å². The maximum Gasteiger partial charge on any atom is 0.261 e. The topological polar surface area (TPSA) is 60.8 Å².